The molecule has 0 heterocycles. The molecule has 2 N–H and O–H groups in total. The number of hydrogen-bond acceptors (Lipinski definition) is 3. The summed E-state index contributed by atoms with van der Waals surface area (Å²) in [6.07, 6.45) is 0. The fourth-order valence-corrected chi connectivity index (χ4v) is 0.485. The standard InChI is InChI=1S/C9H18NO2/c1-8(2,3)12-7(11)9(4,5)6-10/h4,6,10H2,1-3,5H3. The molecule has 0 rings (SSSR count). The fourth-order valence-electron chi connectivity index (χ4n) is 0.485. The summed E-state index contributed by atoms with van der Waals surface area (Å²) in [4.78, 5) is 11.3. The first kappa shape index (κ1) is 11.4. The van der Waals surface area contributed by atoms with Crippen molar-refractivity contribution in [3.05, 3.63) is 6.92 Å². The summed E-state index contributed by atoms with van der Waals surface area (Å²) in [6, 6.07) is 0. The second kappa shape index (κ2) is 3.44. The van der Waals surface area contributed by atoms with Gasteiger partial charge in [-0.3, -0.25) is 4.79 Å². The van der Waals surface area contributed by atoms with Crippen LogP contribution in [0.4, 0.5) is 0 Å². The lowest BCUT2D eigenvalue weighted by Gasteiger charge is -2.27. The Balaban J connectivity index is 4.23. The molecule has 1 atom stereocenters. The van der Waals surface area contributed by atoms with Crippen molar-refractivity contribution in [2.75, 3.05) is 6.54 Å². The van der Waals surface area contributed by atoms with E-state index in [0.717, 1.165) is 0 Å². The van der Waals surface area contributed by atoms with E-state index in [-0.39, 0.29) is 12.5 Å². The second-order valence-electron chi connectivity index (χ2n) is 4.27. The van der Waals surface area contributed by atoms with Crippen LogP contribution in [0, 0.1) is 12.3 Å². The molecule has 71 valence electrons. The van der Waals surface area contributed by atoms with Gasteiger partial charge in [0.25, 0.3) is 0 Å². The maximum Gasteiger partial charge on any atom is 0.313 e. The zero-order chi connectivity index (χ0) is 9.99. The van der Waals surface area contributed by atoms with Crippen LogP contribution >= 0.6 is 0 Å². The van der Waals surface area contributed by atoms with Gasteiger partial charge in [0.2, 0.25) is 0 Å². The van der Waals surface area contributed by atoms with Gasteiger partial charge in [0.1, 0.15) is 5.60 Å². The van der Waals surface area contributed by atoms with Crippen molar-refractivity contribution in [3.63, 3.8) is 0 Å². The molecule has 0 aliphatic carbocycles. The number of ether oxygens (including phenoxy) is 1. The summed E-state index contributed by atoms with van der Waals surface area (Å²) in [5.74, 6) is -0.350. The molecule has 0 bridgehead atoms. The third-order valence-electron chi connectivity index (χ3n) is 1.34. The van der Waals surface area contributed by atoms with Gasteiger partial charge in [-0.25, -0.2) is 0 Å². The van der Waals surface area contributed by atoms with Crippen molar-refractivity contribution in [1.82, 2.24) is 0 Å². The number of carbonyl (C=O) groups is 1. The normalized spacial score (nSPS) is 12.8. The summed E-state index contributed by atoms with van der Waals surface area (Å²) in [5.41, 5.74) is 4.07. The van der Waals surface area contributed by atoms with E-state index in [2.05, 4.69) is 6.92 Å². The summed E-state index contributed by atoms with van der Waals surface area (Å²) < 4.78 is 5.11. The zero-order valence-electron chi connectivity index (χ0n) is 8.31. The fraction of sp³-hybridized carbons (Fsp3) is 0.778. The molecule has 0 aliphatic heterocycles. The smallest absolute Gasteiger partial charge is 0.313 e. The Labute approximate surface area is 74.3 Å². The van der Waals surface area contributed by atoms with E-state index in [1.54, 1.807) is 6.92 Å². The van der Waals surface area contributed by atoms with Gasteiger partial charge in [-0.2, -0.15) is 0 Å². The van der Waals surface area contributed by atoms with Crippen LogP contribution in [0.1, 0.15) is 27.7 Å². The van der Waals surface area contributed by atoms with Gasteiger partial charge in [0.05, 0.1) is 5.41 Å². The lowest BCUT2D eigenvalue weighted by molar-refractivity contribution is -0.163. The Morgan fingerprint density at radius 3 is 2.08 bits per heavy atom. The highest BCUT2D eigenvalue weighted by Gasteiger charge is 2.31. The monoisotopic (exact) mass is 172 g/mol. The van der Waals surface area contributed by atoms with E-state index in [9.17, 15) is 4.79 Å². The van der Waals surface area contributed by atoms with Crippen molar-refractivity contribution in [2.24, 2.45) is 11.1 Å². The van der Waals surface area contributed by atoms with E-state index in [0.29, 0.717) is 0 Å². The summed E-state index contributed by atoms with van der Waals surface area (Å²) in [6.45, 7) is 11.0. The number of carbonyl (C=O) groups excluding carboxylic acids is 1. The number of rotatable bonds is 2. The molecule has 0 fully saturated rings. The number of hydrogen-bond donors (Lipinski definition) is 1. The SMILES string of the molecule is [CH2]C(C)(CN)C(=O)OC(C)(C)C. The van der Waals surface area contributed by atoms with Gasteiger partial charge >= 0.3 is 5.97 Å². The topological polar surface area (TPSA) is 52.3 Å². The van der Waals surface area contributed by atoms with Crippen molar-refractivity contribution in [1.29, 1.82) is 0 Å². The molecule has 0 saturated heterocycles. The summed E-state index contributed by atoms with van der Waals surface area (Å²) in [5, 5.41) is 0. The molecule has 3 heteroatoms. The highest BCUT2D eigenvalue weighted by molar-refractivity contribution is 5.77. The van der Waals surface area contributed by atoms with Crippen molar-refractivity contribution >= 4 is 5.97 Å². The van der Waals surface area contributed by atoms with E-state index >= 15 is 0 Å². The predicted octanol–water partition coefficient (Wildman–Crippen LogP) is 1.13. The molecule has 0 spiro atoms. The third-order valence-corrected chi connectivity index (χ3v) is 1.34. The Morgan fingerprint density at radius 1 is 1.42 bits per heavy atom. The second-order valence-corrected chi connectivity index (χ2v) is 4.27. The molecule has 0 aromatic rings. The van der Waals surface area contributed by atoms with Crippen LogP contribution in [-0.2, 0) is 9.53 Å². The molecule has 0 amide bonds. The average molecular weight is 172 g/mol. The van der Waals surface area contributed by atoms with Gasteiger partial charge in [-0.1, -0.05) is 0 Å². The molecule has 12 heavy (non-hydrogen) atoms. The minimum Gasteiger partial charge on any atom is -0.460 e. The van der Waals surface area contributed by atoms with Gasteiger partial charge in [-0.15, -0.1) is 0 Å². The van der Waals surface area contributed by atoms with E-state index < -0.39 is 11.0 Å². The molecule has 3 nitrogen and oxygen atoms in total. The van der Waals surface area contributed by atoms with Crippen molar-refractivity contribution in [2.45, 2.75) is 33.3 Å². The Bertz CT molecular complexity index is 168. The van der Waals surface area contributed by atoms with Crippen LogP contribution in [0.25, 0.3) is 0 Å². The van der Waals surface area contributed by atoms with Crippen LogP contribution in [0.3, 0.4) is 0 Å². The van der Waals surface area contributed by atoms with Gasteiger partial charge in [0.15, 0.2) is 0 Å². The highest BCUT2D eigenvalue weighted by atomic mass is 16.6. The Kier molecular flexibility index (Phi) is 3.27. The maximum absolute atomic E-state index is 11.3. The molecule has 0 aliphatic rings. The first-order valence-electron chi connectivity index (χ1n) is 3.98. The minimum atomic E-state index is -0.826. The lowest BCUT2D eigenvalue weighted by atomic mass is 9.94. The number of esters is 1. The first-order valence-corrected chi connectivity index (χ1v) is 3.98. The molecular formula is C9H18NO2. The van der Waals surface area contributed by atoms with E-state index in [1.165, 1.54) is 0 Å². The van der Waals surface area contributed by atoms with Crippen LogP contribution in [0.15, 0.2) is 0 Å². The van der Waals surface area contributed by atoms with Gasteiger partial charge in [-0.05, 0) is 34.6 Å². The molecule has 0 aromatic heterocycles. The van der Waals surface area contributed by atoms with Crippen LogP contribution in [0.5, 0.6) is 0 Å². The maximum atomic E-state index is 11.3. The van der Waals surface area contributed by atoms with Crippen molar-refractivity contribution in [3.8, 4) is 0 Å². The summed E-state index contributed by atoms with van der Waals surface area (Å²) in [7, 11) is 0. The van der Waals surface area contributed by atoms with Gasteiger partial charge < -0.3 is 10.5 Å². The zero-order valence-corrected chi connectivity index (χ0v) is 8.31. The van der Waals surface area contributed by atoms with Crippen LogP contribution < -0.4 is 5.73 Å². The van der Waals surface area contributed by atoms with Crippen LogP contribution in [0.2, 0.25) is 0 Å². The quantitative estimate of drug-likeness (QED) is 0.635. The Morgan fingerprint density at radius 2 is 1.83 bits per heavy atom. The first-order chi connectivity index (χ1) is 5.19. The van der Waals surface area contributed by atoms with Crippen LogP contribution in [-0.4, -0.2) is 18.1 Å². The molecule has 1 unspecified atom stereocenters. The van der Waals surface area contributed by atoms with Gasteiger partial charge in [0, 0.05) is 6.54 Å². The molecule has 1 radical (unpaired) electrons. The minimum absolute atomic E-state index is 0.196. The third kappa shape index (κ3) is 3.72. The largest absolute Gasteiger partial charge is 0.460 e. The molecule has 0 aromatic carbocycles. The van der Waals surface area contributed by atoms with E-state index in [1.807, 2.05) is 20.8 Å². The molecule has 0 saturated carbocycles. The van der Waals surface area contributed by atoms with E-state index in [4.69, 9.17) is 10.5 Å². The number of nitrogens with two attached hydrogens (primary N) is 1. The predicted molar refractivity (Wildman–Crippen MR) is 48.4 cm³/mol. The summed E-state index contributed by atoms with van der Waals surface area (Å²) >= 11 is 0. The average Bonchev–Trinajstić information content (AvgIpc) is 1.84. The lowest BCUT2D eigenvalue weighted by Crippen LogP contribution is -2.38. The Hall–Kier alpha value is -0.570. The molecular weight excluding hydrogens is 154 g/mol. The van der Waals surface area contributed by atoms with Crippen molar-refractivity contribution < 1.29 is 9.53 Å². The highest BCUT2D eigenvalue weighted by Crippen LogP contribution is 2.19.